The normalized spacial score (nSPS) is 16.3. The van der Waals surface area contributed by atoms with E-state index >= 15 is 0 Å². The maximum Gasteiger partial charge on any atom is 0.320 e. The number of nitrogens with zero attached hydrogens (tertiary/aromatic N) is 3. The predicted octanol–water partition coefficient (Wildman–Crippen LogP) is 3.07. The highest BCUT2D eigenvalue weighted by atomic mass is 16.6. The first-order valence-corrected chi connectivity index (χ1v) is 8.44. The largest absolute Gasteiger partial charge is 0.390 e. The number of hydrogen-bond acceptors (Lipinski definition) is 4. The molecular weight excluding hydrogens is 318 g/mol. The summed E-state index contributed by atoms with van der Waals surface area (Å²) in [4.78, 5) is 17.5. The maximum absolute atomic E-state index is 12.2. The second kappa shape index (κ2) is 7.38. The predicted molar refractivity (Wildman–Crippen MR) is 97.6 cm³/mol. The first-order valence-electron chi connectivity index (χ1n) is 8.44. The number of rotatable bonds is 5. The molecule has 0 saturated carbocycles. The van der Waals surface area contributed by atoms with Crippen molar-refractivity contribution in [3.63, 3.8) is 0 Å². The van der Waals surface area contributed by atoms with Gasteiger partial charge >= 0.3 is 6.03 Å². The lowest BCUT2D eigenvalue weighted by molar-refractivity contribution is 0.0869. The van der Waals surface area contributed by atoms with Crippen molar-refractivity contribution >= 4 is 17.6 Å². The van der Waals surface area contributed by atoms with Gasteiger partial charge in [0.25, 0.3) is 0 Å². The Morgan fingerprint density at radius 3 is 2.80 bits per heavy atom. The molecule has 0 fully saturated rings. The summed E-state index contributed by atoms with van der Waals surface area (Å²) in [6.07, 6.45) is 1.55. The van der Waals surface area contributed by atoms with Gasteiger partial charge in [-0.25, -0.2) is 4.79 Å². The van der Waals surface area contributed by atoms with Crippen LogP contribution in [0.3, 0.4) is 0 Å². The molecule has 7 heteroatoms. The average Bonchev–Trinajstić information content (AvgIpc) is 3.20. The summed E-state index contributed by atoms with van der Waals surface area (Å²) in [5.74, 6) is 0.675. The van der Waals surface area contributed by atoms with E-state index < -0.39 is 0 Å². The second-order valence-electron chi connectivity index (χ2n) is 6.09. The summed E-state index contributed by atoms with van der Waals surface area (Å²) in [7, 11) is 1.82. The second-order valence-corrected chi connectivity index (χ2v) is 6.09. The van der Waals surface area contributed by atoms with E-state index in [2.05, 4.69) is 20.9 Å². The number of nitrogens with one attached hydrogen (secondary N) is 2. The van der Waals surface area contributed by atoms with E-state index in [9.17, 15) is 4.79 Å². The summed E-state index contributed by atoms with van der Waals surface area (Å²) in [5.41, 5.74) is 3.84. The average molecular weight is 341 g/mol. The van der Waals surface area contributed by atoms with Crippen molar-refractivity contribution < 1.29 is 9.63 Å². The fraction of sp³-hybridized carbons (Fsp3) is 0.389. The van der Waals surface area contributed by atoms with Crippen LogP contribution in [-0.4, -0.2) is 34.2 Å². The molecular formula is C18H23N5O2. The van der Waals surface area contributed by atoms with Crippen LogP contribution < -0.4 is 10.6 Å². The van der Waals surface area contributed by atoms with E-state index in [0.29, 0.717) is 12.4 Å². The van der Waals surface area contributed by atoms with Crippen LogP contribution in [0.15, 0.2) is 35.5 Å². The zero-order chi connectivity index (χ0) is 17.8. The van der Waals surface area contributed by atoms with Crippen molar-refractivity contribution in [2.75, 3.05) is 11.9 Å². The summed E-state index contributed by atoms with van der Waals surface area (Å²) in [6.45, 7) is 4.41. The molecule has 25 heavy (non-hydrogen) atoms. The van der Waals surface area contributed by atoms with Crippen molar-refractivity contribution in [1.29, 1.82) is 0 Å². The van der Waals surface area contributed by atoms with Crippen LogP contribution >= 0.6 is 0 Å². The fourth-order valence-corrected chi connectivity index (χ4v) is 2.84. The number of urea groups is 1. The maximum atomic E-state index is 12.2. The molecule has 3 rings (SSSR count). The summed E-state index contributed by atoms with van der Waals surface area (Å²) in [6, 6.07) is 9.63. The Labute approximate surface area is 147 Å². The van der Waals surface area contributed by atoms with E-state index in [-0.39, 0.29) is 12.1 Å². The molecule has 0 bridgehead atoms. The number of oxime groups is 1. The molecule has 1 aliphatic heterocycles. The van der Waals surface area contributed by atoms with Crippen LogP contribution in [0.25, 0.3) is 11.3 Å². The van der Waals surface area contributed by atoms with Crippen LogP contribution in [0.1, 0.15) is 25.3 Å². The Balaban J connectivity index is 1.61. The van der Waals surface area contributed by atoms with Gasteiger partial charge in [0.2, 0.25) is 0 Å². The Bertz CT molecular complexity index is 782. The first kappa shape index (κ1) is 17.0. The lowest BCUT2D eigenvalue weighted by Crippen LogP contribution is -2.36. The molecule has 2 aromatic rings. The van der Waals surface area contributed by atoms with Crippen LogP contribution in [-0.2, 0) is 11.9 Å². The number of benzene rings is 1. The zero-order valence-corrected chi connectivity index (χ0v) is 14.7. The van der Waals surface area contributed by atoms with Gasteiger partial charge in [0.05, 0.1) is 18.0 Å². The third kappa shape index (κ3) is 3.81. The number of carbonyl (C=O) groups excluding carboxylic acids is 1. The highest BCUT2D eigenvalue weighted by Crippen LogP contribution is 2.27. The molecule has 132 valence electrons. The Kier molecular flexibility index (Phi) is 5.02. The van der Waals surface area contributed by atoms with E-state index in [4.69, 9.17) is 4.84 Å². The Hall–Kier alpha value is -2.83. The van der Waals surface area contributed by atoms with Crippen molar-refractivity contribution in [2.45, 2.75) is 32.8 Å². The minimum Gasteiger partial charge on any atom is -0.390 e. The highest BCUT2D eigenvalue weighted by molar-refractivity contribution is 5.90. The number of carbonyl (C=O) groups is 1. The van der Waals surface area contributed by atoms with E-state index in [1.54, 1.807) is 4.68 Å². The molecule has 0 saturated heterocycles. The Morgan fingerprint density at radius 2 is 2.12 bits per heavy atom. The molecule has 0 spiro atoms. The van der Waals surface area contributed by atoms with E-state index in [0.717, 1.165) is 35.4 Å². The molecule has 2 amide bonds. The molecule has 0 radical (unpaired) electrons. The van der Waals surface area contributed by atoms with Gasteiger partial charge in [-0.05, 0) is 13.3 Å². The molecule has 1 aromatic heterocycles. The van der Waals surface area contributed by atoms with Crippen LogP contribution in [0, 0.1) is 6.92 Å². The van der Waals surface area contributed by atoms with Crippen molar-refractivity contribution in [3.05, 3.63) is 35.9 Å². The third-order valence-electron chi connectivity index (χ3n) is 4.26. The Morgan fingerprint density at radius 1 is 1.36 bits per heavy atom. The molecule has 1 aromatic carbocycles. The molecule has 1 aliphatic rings. The van der Waals surface area contributed by atoms with Gasteiger partial charge in [-0.15, -0.1) is 0 Å². The summed E-state index contributed by atoms with van der Waals surface area (Å²) >= 11 is 0. The molecule has 2 heterocycles. The SMILES string of the molecule is CCC1=NO[C@@H](CNC(=O)Nc2c(C)c(-c3ccccc3)nn2C)C1. The van der Waals surface area contributed by atoms with Gasteiger partial charge in [0, 0.05) is 24.6 Å². The lowest BCUT2D eigenvalue weighted by Gasteiger charge is -2.11. The lowest BCUT2D eigenvalue weighted by atomic mass is 10.1. The molecule has 1 atom stereocenters. The van der Waals surface area contributed by atoms with Crippen LogP contribution in [0.5, 0.6) is 0 Å². The van der Waals surface area contributed by atoms with Gasteiger partial charge in [-0.3, -0.25) is 10.00 Å². The number of aromatic nitrogens is 2. The minimum absolute atomic E-state index is 0.0896. The van der Waals surface area contributed by atoms with Crippen LogP contribution in [0.4, 0.5) is 10.6 Å². The van der Waals surface area contributed by atoms with Crippen molar-refractivity contribution in [2.24, 2.45) is 12.2 Å². The van der Waals surface area contributed by atoms with Gasteiger partial charge in [-0.1, -0.05) is 42.4 Å². The summed E-state index contributed by atoms with van der Waals surface area (Å²) < 4.78 is 1.68. The number of amides is 2. The fourth-order valence-electron chi connectivity index (χ4n) is 2.84. The zero-order valence-electron chi connectivity index (χ0n) is 14.7. The van der Waals surface area contributed by atoms with Gasteiger partial charge in [0.15, 0.2) is 0 Å². The van der Waals surface area contributed by atoms with Gasteiger partial charge < -0.3 is 10.2 Å². The molecule has 0 unspecified atom stereocenters. The molecule has 0 aliphatic carbocycles. The number of aryl methyl sites for hydroxylation is 1. The number of hydrogen-bond donors (Lipinski definition) is 2. The van der Waals surface area contributed by atoms with Crippen molar-refractivity contribution in [3.8, 4) is 11.3 Å². The minimum atomic E-state index is -0.278. The topological polar surface area (TPSA) is 80.5 Å². The molecule has 7 nitrogen and oxygen atoms in total. The van der Waals surface area contributed by atoms with Gasteiger partial charge in [0.1, 0.15) is 11.9 Å². The van der Waals surface area contributed by atoms with Crippen molar-refractivity contribution in [1.82, 2.24) is 15.1 Å². The van der Waals surface area contributed by atoms with Gasteiger partial charge in [-0.2, -0.15) is 5.10 Å². The monoisotopic (exact) mass is 341 g/mol. The van der Waals surface area contributed by atoms with E-state index in [1.165, 1.54) is 0 Å². The standard InChI is InChI=1S/C18H23N5O2/c1-4-14-10-15(25-22-14)11-19-18(24)20-17-12(2)16(21-23(17)3)13-8-6-5-7-9-13/h5-9,15H,4,10-11H2,1-3H3,(H2,19,20,24)/t15-/m1/s1. The third-order valence-corrected chi connectivity index (χ3v) is 4.26. The van der Waals surface area contributed by atoms with Crippen LogP contribution in [0.2, 0.25) is 0 Å². The smallest absolute Gasteiger partial charge is 0.320 e. The van der Waals surface area contributed by atoms with E-state index in [1.807, 2.05) is 51.2 Å². The molecule has 2 N–H and O–H groups in total. The quantitative estimate of drug-likeness (QED) is 0.877. The first-order chi connectivity index (χ1) is 12.1. The summed E-state index contributed by atoms with van der Waals surface area (Å²) in [5, 5.41) is 14.2. The highest BCUT2D eigenvalue weighted by Gasteiger charge is 2.21. The number of anilines is 1.